The van der Waals surface area contributed by atoms with E-state index in [1.54, 1.807) is 0 Å². The summed E-state index contributed by atoms with van der Waals surface area (Å²) in [5.74, 6) is 0.933. The van der Waals surface area contributed by atoms with E-state index in [4.69, 9.17) is 9.47 Å². The maximum atomic E-state index is 6.65. The van der Waals surface area contributed by atoms with Crippen LogP contribution in [-0.4, -0.2) is 37.5 Å². The van der Waals surface area contributed by atoms with Crippen molar-refractivity contribution in [1.82, 2.24) is 5.32 Å². The summed E-state index contributed by atoms with van der Waals surface area (Å²) < 4.78 is 12.1. The molecule has 0 amide bonds. The molecule has 0 aromatic heterocycles. The highest BCUT2D eigenvalue weighted by Gasteiger charge is 2.39. The molecule has 0 aromatic rings. The minimum absolute atomic E-state index is 0.121. The van der Waals surface area contributed by atoms with Gasteiger partial charge in [-0.3, -0.25) is 0 Å². The molecule has 3 aliphatic rings. The minimum Gasteiger partial charge on any atom is -0.381 e. The van der Waals surface area contributed by atoms with Crippen LogP contribution < -0.4 is 5.32 Å². The number of hydrogen-bond acceptors (Lipinski definition) is 3. The number of rotatable bonds is 6. The summed E-state index contributed by atoms with van der Waals surface area (Å²) in [6.45, 7) is 5.17. The van der Waals surface area contributed by atoms with Crippen molar-refractivity contribution < 1.29 is 9.47 Å². The van der Waals surface area contributed by atoms with Crippen molar-refractivity contribution >= 4 is 0 Å². The van der Waals surface area contributed by atoms with Crippen LogP contribution in [0.25, 0.3) is 0 Å². The maximum Gasteiger partial charge on any atom is 0.0810 e. The Morgan fingerprint density at radius 1 is 1.05 bits per heavy atom. The first-order valence-corrected chi connectivity index (χ1v) is 8.78. The molecule has 116 valence electrons. The molecule has 0 spiro atoms. The molecule has 3 rings (SSSR count). The molecule has 3 heteroatoms. The Labute approximate surface area is 123 Å². The summed E-state index contributed by atoms with van der Waals surface area (Å²) in [6.07, 6.45) is 11.9. The third-order valence-electron chi connectivity index (χ3n) is 5.47. The summed E-state index contributed by atoms with van der Waals surface area (Å²) >= 11 is 0. The van der Waals surface area contributed by atoms with Crippen LogP contribution in [0, 0.1) is 5.92 Å². The highest BCUT2D eigenvalue weighted by Crippen LogP contribution is 2.38. The van der Waals surface area contributed by atoms with E-state index in [1.165, 1.54) is 44.9 Å². The highest BCUT2D eigenvalue weighted by molar-refractivity contribution is 4.93. The lowest BCUT2D eigenvalue weighted by Gasteiger charge is -2.43. The summed E-state index contributed by atoms with van der Waals surface area (Å²) in [6, 6.07) is 0.786. The molecule has 0 radical (unpaired) electrons. The van der Waals surface area contributed by atoms with E-state index in [-0.39, 0.29) is 5.60 Å². The van der Waals surface area contributed by atoms with Crippen LogP contribution in [0.5, 0.6) is 0 Å². The summed E-state index contributed by atoms with van der Waals surface area (Å²) in [5, 5.41) is 3.73. The van der Waals surface area contributed by atoms with Crippen molar-refractivity contribution in [3.63, 3.8) is 0 Å². The Balaban J connectivity index is 1.56. The van der Waals surface area contributed by atoms with Crippen LogP contribution in [0.1, 0.15) is 64.7 Å². The molecule has 3 fully saturated rings. The van der Waals surface area contributed by atoms with Gasteiger partial charge in [0.15, 0.2) is 0 Å². The summed E-state index contributed by atoms with van der Waals surface area (Å²) in [7, 11) is 0. The van der Waals surface area contributed by atoms with Gasteiger partial charge in [0.2, 0.25) is 0 Å². The van der Waals surface area contributed by atoms with Crippen LogP contribution in [0.15, 0.2) is 0 Å². The van der Waals surface area contributed by atoms with Crippen molar-refractivity contribution in [3.05, 3.63) is 0 Å². The Kier molecular flexibility index (Phi) is 5.00. The van der Waals surface area contributed by atoms with Gasteiger partial charge in [-0.2, -0.15) is 0 Å². The molecule has 1 saturated heterocycles. The van der Waals surface area contributed by atoms with E-state index in [0.717, 1.165) is 44.6 Å². The van der Waals surface area contributed by atoms with E-state index in [1.807, 2.05) is 0 Å². The first-order valence-electron chi connectivity index (χ1n) is 8.78. The molecule has 0 atom stereocenters. The van der Waals surface area contributed by atoms with Crippen LogP contribution in [0.2, 0.25) is 0 Å². The second-order valence-electron chi connectivity index (χ2n) is 7.12. The van der Waals surface area contributed by atoms with E-state index in [2.05, 4.69) is 12.2 Å². The SMILES string of the molecule is CCC1CCC(CNC2CC2)(OC2CCOCC2)CC1. The number of ether oxygens (including phenoxy) is 2. The predicted molar refractivity (Wildman–Crippen MR) is 80.9 cm³/mol. The van der Waals surface area contributed by atoms with E-state index in [9.17, 15) is 0 Å². The zero-order chi connectivity index (χ0) is 13.8. The fourth-order valence-electron chi connectivity index (χ4n) is 3.71. The van der Waals surface area contributed by atoms with Gasteiger partial charge in [-0.1, -0.05) is 13.3 Å². The number of nitrogens with one attached hydrogen (secondary N) is 1. The van der Waals surface area contributed by atoms with Crippen molar-refractivity contribution in [3.8, 4) is 0 Å². The molecule has 1 heterocycles. The Morgan fingerprint density at radius 3 is 2.35 bits per heavy atom. The topological polar surface area (TPSA) is 30.5 Å². The first-order chi connectivity index (χ1) is 9.80. The normalized spacial score (nSPS) is 36.1. The Hall–Kier alpha value is -0.120. The van der Waals surface area contributed by atoms with Crippen LogP contribution in [0.4, 0.5) is 0 Å². The second-order valence-corrected chi connectivity index (χ2v) is 7.12. The van der Waals surface area contributed by atoms with Crippen molar-refractivity contribution in [2.75, 3.05) is 19.8 Å². The molecular weight excluding hydrogens is 250 g/mol. The summed E-state index contributed by atoms with van der Waals surface area (Å²) in [4.78, 5) is 0. The largest absolute Gasteiger partial charge is 0.381 e. The molecule has 0 aromatic carbocycles. The van der Waals surface area contributed by atoms with E-state index < -0.39 is 0 Å². The molecule has 1 aliphatic heterocycles. The molecule has 1 N–H and O–H groups in total. The lowest BCUT2D eigenvalue weighted by atomic mass is 9.77. The third-order valence-corrected chi connectivity index (χ3v) is 5.47. The fraction of sp³-hybridized carbons (Fsp3) is 1.00. The van der Waals surface area contributed by atoms with Crippen LogP contribution >= 0.6 is 0 Å². The maximum absolute atomic E-state index is 6.65. The van der Waals surface area contributed by atoms with Gasteiger partial charge in [0.25, 0.3) is 0 Å². The monoisotopic (exact) mass is 281 g/mol. The average molecular weight is 281 g/mol. The van der Waals surface area contributed by atoms with Crippen molar-refractivity contribution in [2.24, 2.45) is 5.92 Å². The van der Waals surface area contributed by atoms with Crippen molar-refractivity contribution in [2.45, 2.75) is 82.5 Å². The predicted octanol–water partition coefficient (Wildman–Crippen LogP) is 3.27. The molecule has 2 saturated carbocycles. The van der Waals surface area contributed by atoms with Crippen molar-refractivity contribution in [1.29, 1.82) is 0 Å². The molecular formula is C17H31NO2. The van der Waals surface area contributed by atoms with Gasteiger partial charge < -0.3 is 14.8 Å². The lowest BCUT2D eigenvalue weighted by molar-refractivity contribution is -0.143. The molecule has 3 nitrogen and oxygen atoms in total. The first kappa shape index (κ1) is 14.8. The van der Waals surface area contributed by atoms with Gasteiger partial charge in [-0.15, -0.1) is 0 Å². The van der Waals surface area contributed by atoms with Gasteiger partial charge in [0.05, 0.1) is 11.7 Å². The van der Waals surface area contributed by atoms with Gasteiger partial charge in [0, 0.05) is 25.8 Å². The molecule has 0 bridgehead atoms. The quantitative estimate of drug-likeness (QED) is 0.810. The highest BCUT2D eigenvalue weighted by atomic mass is 16.5. The summed E-state index contributed by atoms with van der Waals surface area (Å²) in [5.41, 5.74) is 0.121. The zero-order valence-corrected chi connectivity index (χ0v) is 13.0. The molecule has 2 aliphatic carbocycles. The fourth-order valence-corrected chi connectivity index (χ4v) is 3.71. The van der Waals surface area contributed by atoms with E-state index >= 15 is 0 Å². The van der Waals surface area contributed by atoms with Crippen LogP contribution in [-0.2, 0) is 9.47 Å². The van der Waals surface area contributed by atoms with Crippen LogP contribution in [0.3, 0.4) is 0 Å². The Bertz CT molecular complexity index is 289. The standard InChI is InChI=1S/C17H31NO2/c1-2-14-5-9-17(10-6-14,13-18-15-3-4-15)20-16-7-11-19-12-8-16/h14-16,18H,2-13H2,1H3. The number of hydrogen-bond donors (Lipinski definition) is 1. The minimum atomic E-state index is 0.121. The van der Waals surface area contributed by atoms with Gasteiger partial charge in [-0.05, 0) is 57.3 Å². The van der Waals surface area contributed by atoms with Gasteiger partial charge in [0.1, 0.15) is 0 Å². The molecule has 0 unspecified atom stereocenters. The van der Waals surface area contributed by atoms with Gasteiger partial charge in [-0.25, -0.2) is 0 Å². The Morgan fingerprint density at radius 2 is 1.75 bits per heavy atom. The van der Waals surface area contributed by atoms with E-state index in [0.29, 0.717) is 6.10 Å². The molecule has 20 heavy (non-hydrogen) atoms. The smallest absolute Gasteiger partial charge is 0.0810 e. The van der Waals surface area contributed by atoms with Gasteiger partial charge >= 0.3 is 0 Å². The lowest BCUT2D eigenvalue weighted by Crippen LogP contribution is -2.49. The second kappa shape index (κ2) is 6.76. The average Bonchev–Trinajstić information content (AvgIpc) is 3.32. The third kappa shape index (κ3) is 3.96. The zero-order valence-electron chi connectivity index (χ0n) is 13.0.